The molecule has 3 rings (SSSR count). The Labute approximate surface area is 82.0 Å². The van der Waals surface area contributed by atoms with Gasteiger partial charge in [-0.25, -0.2) is 0 Å². The smallest absolute Gasteiger partial charge is 0.382 e. The van der Waals surface area contributed by atoms with Crippen molar-refractivity contribution in [1.29, 1.82) is 0 Å². The lowest BCUT2D eigenvalue weighted by Gasteiger charge is -2.11. The summed E-state index contributed by atoms with van der Waals surface area (Å²) in [7, 11) is -3.62. The van der Waals surface area contributed by atoms with Gasteiger partial charge in [0.25, 0.3) is 5.09 Å². The van der Waals surface area contributed by atoms with Crippen LogP contribution in [0.1, 0.15) is 0 Å². The molecule has 9 heteroatoms. The number of benzene rings is 1. The Morgan fingerprint density at radius 1 is 1.27 bits per heavy atom. The molecule has 1 unspecified atom stereocenters. The van der Waals surface area contributed by atoms with Crippen LogP contribution in [0, 0.1) is 10.1 Å². The number of fused-ring (bicyclic) bond motifs is 1. The van der Waals surface area contributed by atoms with Crippen LogP contribution in [0.2, 0.25) is 0 Å². The van der Waals surface area contributed by atoms with Gasteiger partial charge in [0.1, 0.15) is 0 Å². The molecule has 2 bridgehead atoms. The first-order valence-electron chi connectivity index (χ1n) is 3.76. The van der Waals surface area contributed by atoms with Crippen LogP contribution in [0.3, 0.4) is 0 Å². The van der Waals surface area contributed by atoms with E-state index in [1.54, 1.807) is 0 Å². The Bertz CT molecular complexity index is 526. The van der Waals surface area contributed by atoms with E-state index in [0.29, 0.717) is 0 Å². The summed E-state index contributed by atoms with van der Waals surface area (Å²) in [6.07, 6.45) is 0. The number of hydrogen-bond acceptors (Lipinski definition) is 7. The second-order valence-corrected chi connectivity index (χ2v) is 4.20. The lowest BCUT2D eigenvalue weighted by Crippen LogP contribution is -2.05. The summed E-state index contributed by atoms with van der Waals surface area (Å²) >= 11 is 0. The molecule has 2 heterocycles. The quantitative estimate of drug-likeness (QED) is 0.432. The monoisotopic (exact) mass is 231 g/mol. The Morgan fingerprint density at radius 2 is 2.00 bits per heavy atom. The van der Waals surface area contributed by atoms with Crippen molar-refractivity contribution in [2.24, 2.45) is 0 Å². The van der Waals surface area contributed by atoms with Gasteiger partial charge < -0.3 is 13.6 Å². The van der Waals surface area contributed by atoms with E-state index in [1.165, 1.54) is 12.1 Å². The van der Waals surface area contributed by atoms with Crippen LogP contribution >= 0.6 is 7.82 Å². The molecular weight excluding hydrogens is 229 g/mol. The molecule has 0 spiro atoms. The van der Waals surface area contributed by atoms with Gasteiger partial charge in [0, 0.05) is 0 Å². The Morgan fingerprint density at radius 3 is 2.67 bits per heavy atom. The molecule has 8 nitrogen and oxygen atoms in total. The molecule has 0 fully saturated rings. The molecule has 0 aliphatic carbocycles. The highest BCUT2D eigenvalue weighted by Crippen LogP contribution is 2.70. The van der Waals surface area contributed by atoms with Gasteiger partial charge in [0.2, 0.25) is 11.5 Å². The van der Waals surface area contributed by atoms with Crippen LogP contribution in [-0.4, -0.2) is 5.09 Å². The van der Waals surface area contributed by atoms with Crippen LogP contribution < -0.4 is 18.4 Å². The van der Waals surface area contributed by atoms with E-state index in [0.717, 1.165) is 0 Å². The molecule has 0 aromatic heterocycles. The summed E-state index contributed by atoms with van der Waals surface area (Å²) in [5.74, 6) is 0.0894. The fraction of sp³-hybridized carbons (Fsp3) is 0. The van der Waals surface area contributed by atoms with Crippen molar-refractivity contribution in [3.8, 4) is 23.0 Å². The van der Waals surface area contributed by atoms with Gasteiger partial charge in [-0.2, -0.15) is 4.57 Å². The van der Waals surface area contributed by atoms with Crippen molar-refractivity contribution in [2.45, 2.75) is 0 Å². The Kier molecular flexibility index (Phi) is 1.31. The summed E-state index contributed by atoms with van der Waals surface area (Å²) in [5, 5.41) is 9.14. The summed E-state index contributed by atoms with van der Waals surface area (Å²) in [5.41, 5.74) is 0. The minimum atomic E-state index is -3.62. The van der Waals surface area contributed by atoms with E-state index in [9.17, 15) is 14.7 Å². The average Bonchev–Trinajstić information content (AvgIpc) is 2.62. The van der Waals surface area contributed by atoms with Crippen LogP contribution in [-0.2, 0) is 4.57 Å². The number of nitrogens with zero attached hydrogens (tertiary/aromatic N) is 1. The zero-order chi connectivity index (χ0) is 10.6. The summed E-state index contributed by atoms with van der Waals surface area (Å²) in [6.45, 7) is 0. The second-order valence-electron chi connectivity index (χ2n) is 2.76. The van der Waals surface area contributed by atoms with Gasteiger partial charge in [0.05, 0.1) is 0 Å². The maximum absolute atomic E-state index is 11.5. The highest BCUT2D eigenvalue weighted by molar-refractivity contribution is 7.50. The van der Waals surface area contributed by atoms with E-state index in [-0.39, 0.29) is 23.0 Å². The largest absolute Gasteiger partial charge is 0.647 e. The predicted octanol–water partition coefficient (Wildman–Crippen LogP) is 1.53. The molecule has 1 atom stereocenters. The van der Waals surface area contributed by atoms with Gasteiger partial charge >= 0.3 is 7.82 Å². The molecule has 0 amide bonds. The lowest BCUT2D eigenvalue weighted by molar-refractivity contribution is -0.711. The topological polar surface area (TPSA) is 97.1 Å². The van der Waals surface area contributed by atoms with Gasteiger partial charge in [0.15, 0.2) is 11.5 Å². The molecule has 0 saturated heterocycles. The van der Waals surface area contributed by atoms with Crippen LogP contribution in [0.25, 0.3) is 0 Å². The Hall–Kier alpha value is -1.95. The predicted molar refractivity (Wildman–Crippen MR) is 43.6 cm³/mol. The third kappa shape index (κ3) is 1.05. The molecule has 78 valence electrons. The molecule has 0 saturated carbocycles. The normalized spacial score (nSPS) is 24.0. The van der Waals surface area contributed by atoms with E-state index < -0.39 is 12.9 Å². The zero-order valence-corrected chi connectivity index (χ0v) is 7.80. The molecule has 15 heavy (non-hydrogen) atoms. The fourth-order valence-corrected chi connectivity index (χ4v) is 2.61. The number of hydrogen-bond donors (Lipinski definition) is 0. The zero-order valence-electron chi connectivity index (χ0n) is 6.91. The maximum atomic E-state index is 11.5. The van der Waals surface area contributed by atoms with E-state index in [2.05, 4.69) is 4.84 Å². The molecule has 0 N–H and O–H groups in total. The molecule has 1 aromatic rings. The van der Waals surface area contributed by atoms with E-state index in [4.69, 9.17) is 13.6 Å². The second kappa shape index (κ2) is 2.34. The third-order valence-corrected chi connectivity index (χ3v) is 3.06. The van der Waals surface area contributed by atoms with Crippen LogP contribution in [0.5, 0.6) is 23.0 Å². The van der Waals surface area contributed by atoms with Crippen LogP contribution in [0.15, 0.2) is 12.1 Å². The van der Waals surface area contributed by atoms with Crippen LogP contribution in [0.4, 0.5) is 0 Å². The van der Waals surface area contributed by atoms with Gasteiger partial charge in [-0.3, -0.25) is 4.84 Å². The maximum Gasteiger partial charge on any atom is 0.647 e. The first-order chi connectivity index (χ1) is 7.07. The van der Waals surface area contributed by atoms with Crippen molar-refractivity contribution in [1.82, 2.24) is 0 Å². The third-order valence-electron chi connectivity index (χ3n) is 1.83. The first kappa shape index (κ1) is 8.37. The standard InChI is InChI=1S/C6H2NO7P/c8-7(9)11-3-1-2-4-6-5(3)13-15(10,12-4)14-6/h1-2H. The fourth-order valence-electron chi connectivity index (χ4n) is 1.32. The molecule has 2 aliphatic heterocycles. The highest BCUT2D eigenvalue weighted by atomic mass is 31.2. The van der Waals surface area contributed by atoms with Crippen molar-refractivity contribution in [2.75, 3.05) is 0 Å². The number of rotatable bonds is 2. The SMILES string of the molecule is O=[N+]([O-])Oc1ccc2c3c1OP(=O)(O2)O3. The highest BCUT2D eigenvalue weighted by Gasteiger charge is 2.51. The van der Waals surface area contributed by atoms with Crippen molar-refractivity contribution < 1.29 is 28.1 Å². The molecule has 0 radical (unpaired) electrons. The summed E-state index contributed by atoms with van der Waals surface area (Å²) in [6, 6.07) is 2.63. The minimum absolute atomic E-state index is 0.0567. The Balaban J connectivity index is 2.13. The van der Waals surface area contributed by atoms with Crippen molar-refractivity contribution in [3.05, 3.63) is 22.2 Å². The minimum Gasteiger partial charge on any atom is -0.382 e. The van der Waals surface area contributed by atoms with Crippen molar-refractivity contribution in [3.63, 3.8) is 0 Å². The van der Waals surface area contributed by atoms with E-state index >= 15 is 0 Å². The molecular formula is C6H2NO7P. The lowest BCUT2D eigenvalue weighted by atomic mass is 10.3. The van der Waals surface area contributed by atoms with Gasteiger partial charge in [-0.05, 0) is 12.1 Å². The van der Waals surface area contributed by atoms with E-state index in [1.807, 2.05) is 0 Å². The molecule has 2 aliphatic rings. The number of phosphoric ester groups is 1. The number of phosphoric acid groups is 1. The van der Waals surface area contributed by atoms with Crippen molar-refractivity contribution >= 4 is 7.82 Å². The molecule has 1 aromatic carbocycles. The summed E-state index contributed by atoms with van der Waals surface area (Å²) < 4.78 is 25.9. The van der Waals surface area contributed by atoms with Gasteiger partial charge in [-0.1, -0.05) is 0 Å². The first-order valence-corrected chi connectivity index (χ1v) is 5.22. The average molecular weight is 231 g/mol. The summed E-state index contributed by atoms with van der Waals surface area (Å²) in [4.78, 5) is 14.3. The van der Waals surface area contributed by atoms with Gasteiger partial charge in [-0.15, -0.1) is 10.1 Å².